The average molecular weight is 303 g/mol. The van der Waals surface area contributed by atoms with Crippen molar-refractivity contribution in [1.82, 2.24) is 15.2 Å². The summed E-state index contributed by atoms with van der Waals surface area (Å²) in [7, 11) is 2.00. The molecule has 21 heavy (non-hydrogen) atoms. The number of aryl methyl sites for hydroxylation is 1. The molecule has 2 heterocycles. The summed E-state index contributed by atoms with van der Waals surface area (Å²) in [5, 5.41) is 4.35. The number of carbonyl (C=O) groups excluding carboxylic acids is 1. The zero-order chi connectivity index (χ0) is 14.7. The Bertz CT molecular complexity index is 584. The second kappa shape index (κ2) is 6.54. The van der Waals surface area contributed by atoms with Gasteiger partial charge in [-0.1, -0.05) is 12.1 Å². The molecule has 1 aromatic heterocycles. The number of hydrogen-bond acceptors (Lipinski definition) is 4. The number of hydrogen-bond donors (Lipinski definition) is 1. The fourth-order valence-electron chi connectivity index (χ4n) is 2.82. The molecule has 0 spiro atoms. The van der Waals surface area contributed by atoms with E-state index in [1.807, 2.05) is 30.1 Å². The van der Waals surface area contributed by atoms with E-state index in [-0.39, 0.29) is 5.91 Å². The molecule has 0 aliphatic carbocycles. The van der Waals surface area contributed by atoms with Crippen molar-refractivity contribution in [3.05, 3.63) is 29.3 Å². The molecule has 0 saturated carbocycles. The summed E-state index contributed by atoms with van der Waals surface area (Å²) in [6.45, 7) is 1.76. The molecule has 0 radical (unpaired) electrons. The molecule has 112 valence electrons. The predicted molar refractivity (Wildman–Crippen MR) is 86.6 cm³/mol. The van der Waals surface area contributed by atoms with Gasteiger partial charge < -0.3 is 10.2 Å². The first-order chi connectivity index (χ1) is 10.3. The summed E-state index contributed by atoms with van der Waals surface area (Å²) in [6, 6.07) is 8.71. The first kappa shape index (κ1) is 14.5. The molecule has 3 rings (SSSR count). The van der Waals surface area contributed by atoms with Gasteiger partial charge in [0, 0.05) is 32.0 Å². The maximum absolute atomic E-state index is 12.3. The average Bonchev–Trinajstić information content (AvgIpc) is 2.95. The molecule has 1 aliphatic rings. The highest BCUT2D eigenvalue weighted by Crippen LogP contribution is 2.22. The van der Waals surface area contributed by atoms with Crippen molar-refractivity contribution in [2.24, 2.45) is 0 Å². The number of para-hydroxylation sites is 1. The van der Waals surface area contributed by atoms with Crippen LogP contribution >= 0.6 is 11.3 Å². The van der Waals surface area contributed by atoms with Crippen LogP contribution in [0.2, 0.25) is 0 Å². The Hall–Kier alpha value is -1.46. The molecule has 1 fully saturated rings. The van der Waals surface area contributed by atoms with Crippen LogP contribution in [-0.4, -0.2) is 42.0 Å². The van der Waals surface area contributed by atoms with Crippen LogP contribution in [0.3, 0.4) is 0 Å². The van der Waals surface area contributed by atoms with Gasteiger partial charge >= 0.3 is 0 Å². The Kier molecular flexibility index (Phi) is 4.51. The second-order valence-electron chi connectivity index (χ2n) is 5.52. The van der Waals surface area contributed by atoms with Gasteiger partial charge in [0.25, 0.3) is 0 Å². The fourth-order valence-corrected chi connectivity index (χ4v) is 3.78. The minimum absolute atomic E-state index is 0.267. The molecule has 0 atom stereocenters. The summed E-state index contributed by atoms with van der Waals surface area (Å²) in [4.78, 5) is 18.9. The third-order valence-electron chi connectivity index (χ3n) is 4.15. The van der Waals surface area contributed by atoms with Crippen molar-refractivity contribution in [1.29, 1.82) is 0 Å². The van der Waals surface area contributed by atoms with Gasteiger partial charge in [0.15, 0.2) is 0 Å². The molecule has 2 aromatic rings. The molecule has 1 aliphatic heterocycles. The van der Waals surface area contributed by atoms with Gasteiger partial charge in [-0.2, -0.15) is 0 Å². The SMILES string of the molecule is CNC1CCN(C(=O)CCc2nc3ccccc3s2)CC1. The van der Waals surface area contributed by atoms with Crippen LogP contribution in [0, 0.1) is 0 Å². The minimum atomic E-state index is 0.267. The number of nitrogens with zero attached hydrogens (tertiary/aromatic N) is 2. The Morgan fingerprint density at radius 1 is 1.38 bits per heavy atom. The van der Waals surface area contributed by atoms with Crippen molar-refractivity contribution < 1.29 is 4.79 Å². The number of thiazole rings is 1. The number of aromatic nitrogens is 1. The third kappa shape index (κ3) is 3.41. The Morgan fingerprint density at radius 2 is 2.14 bits per heavy atom. The van der Waals surface area contributed by atoms with E-state index in [2.05, 4.69) is 16.4 Å². The number of rotatable bonds is 4. The Morgan fingerprint density at radius 3 is 2.86 bits per heavy atom. The highest BCUT2D eigenvalue weighted by atomic mass is 32.1. The summed E-state index contributed by atoms with van der Waals surface area (Å²) in [5.74, 6) is 0.267. The van der Waals surface area contributed by atoms with Crippen LogP contribution in [0.15, 0.2) is 24.3 Å². The highest BCUT2D eigenvalue weighted by Gasteiger charge is 2.21. The summed E-state index contributed by atoms with van der Waals surface area (Å²) in [6.07, 6.45) is 3.45. The molecule has 1 N–H and O–H groups in total. The number of carbonyl (C=O) groups is 1. The lowest BCUT2D eigenvalue weighted by molar-refractivity contribution is -0.132. The number of benzene rings is 1. The van der Waals surface area contributed by atoms with E-state index in [9.17, 15) is 4.79 Å². The van der Waals surface area contributed by atoms with Crippen molar-refractivity contribution in [3.63, 3.8) is 0 Å². The molecular formula is C16H21N3OS. The molecule has 1 amide bonds. The van der Waals surface area contributed by atoms with E-state index < -0.39 is 0 Å². The van der Waals surface area contributed by atoms with Crippen LogP contribution in [0.5, 0.6) is 0 Å². The highest BCUT2D eigenvalue weighted by molar-refractivity contribution is 7.18. The number of fused-ring (bicyclic) bond motifs is 1. The van der Waals surface area contributed by atoms with Gasteiger partial charge in [-0.25, -0.2) is 4.98 Å². The molecule has 5 heteroatoms. The Labute approximate surface area is 129 Å². The quantitative estimate of drug-likeness (QED) is 0.943. The van der Waals surface area contributed by atoms with E-state index in [1.54, 1.807) is 11.3 Å². The maximum atomic E-state index is 12.3. The number of piperidine rings is 1. The normalized spacial score (nSPS) is 16.5. The van der Waals surface area contributed by atoms with Gasteiger partial charge in [0.2, 0.25) is 5.91 Å². The van der Waals surface area contributed by atoms with E-state index in [1.165, 1.54) is 4.70 Å². The van der Waals surface area contributed by atoms with Gasteiger partial charge in [-0.15, -0.1) is 11.3 Å². The molecule has 1 saturated heterocycles. The molecule has 0 bridgehead atoms. The minimum Gasteiger partial charge on any atom is -0.343 e. The van der Waals surface area contributed by atoms with Gasteiger partial charge in [0.1, 0.15) is 0 Å². The Balaban J connectivity index is 1.54. The number of nitrogens with one attached hydrogen (secondary N) is 1. The molecule has 1 aromatic carbocycles. The second-order valence-corrected chi connectivity index (χ2v) is 6.63. The standard InChI is InChI=1S/C16H21N3OS/c1-17-12-8-10-19(11-9-12)16(20)7-6-15-18-13-4-2-3-5-14(13)21-15/h2-5,12,17H,6-11H2,1H3. The van der Waals surface area contributed by atoms with Crippen molar-refractivity contribution >= 4 is 27.5 Å². The smallest absolute Gasteiger partial charge is 0.222 e. The van der Waals surface area contributed by atoms with E-state index in [4.69, 9.17) is 0 Å². The van der Waals surface area contributed by atoms with Crippen LogP contribution in [-0.2, 0) is 11.2 Å². The summed E-state index contributed by atoms with van der Waals surface area (Å²) >= 11 is 1.70. The van der Waals surface area contributed by atoms with Crippen molar-refractivity contribution in [3.8, 4) is 0 Å². The van der Waals surface area contributed by atoms with E-state index >= 15 is 0 Å². The fraction of sp³-hybridized carbons (Fsp3) is 0.500. The zero-order valence-electron chi connectivity index (χ0n) is 12.3. The van der Waals surface area contributed by atoms with Crippen LogP contribution in [0.1, 0.15) is 24.3 Å². The monoisotopic (exact) mass is 303 g/mol. The van der Waals surface area contributed by atoms with Crippen molar-refractivity contribution in [2.45, 2.75) is 31.7 Å². The maximum Gasteiger partial charge on any atom is 0.222 e. The molecular weight excluding hydrogens is 282 g/mol. The van der Waals surface area contributed by atoms with Gasteiger partial charge in [-0.3, -0.25) is 4.79 Å². The third-order valence-corrected chi connectivity index (χ3v) is 5.24. The topological polar surface area (TPSA) is 45.2 Å². The van der Waals surface area contributed by atoms with Gasteiger partial charge in [-0.05, 0) is 32.0 Å². The lowest BCUT2D eigenvalue weighted by Gasteiger charge is -2.31. The van der Waals surface area contributed by atoms with E-state index in [0.717, 1.165) is 42.9 Å². The van der Waals surface area contributed by atoms with Crippen molar-refractivity contribution in [2.75, 3.05) is 20.1 Å². The first-order valence-electron chi connectivity index (χ1n) is 7.56. The lowest BCUT2D eigenvalue weighted by Crippen LogP contribution is -2.44. The zero-order valence-corrected chi connectivity index (χ0v) is 13.2. The molecule has 0 unspecified atom stereocenters. The summed E-state index contributed by atoms with van der Waals surface area (Å²) < 4.78 is 1.20. The van der Waals surface area contributed by atoms with Gasteiger partial charge in [0.05, 0.1) is 15.2 Å². The number of likely N-dealkylation sites (tertiary alicyclic amines) is 1. The largest absolute Gasteiger partial charge is 0.343 e. The number of amides is 1. The summed E-state index contributed by atoms with van der Waals surface area (Å²) in [5.41, 5.74) is 1.04. The van der Waals surface area contributed by atoms with E-state index in [0.29, 0.717) is 12.5 Å². The molecule has 4 nitrogen and oxygen atoms in total. The predicted octanol–water partition coefficient (Wildman–Crippen LogP) is 2.44. The first-order valence-corrected chi connectivity index (χ1v) is 8.37. The van der Waals surface area contributed by atoms with Crippen LogP contribution in [0.25, 0.3) is 10.2 Å². The van der Waals surface area contributed by atoms with Crippen LogP contribution < -0.4 is 5.32 Å². The van der Waals surface area contributed by atoms with Crippen LogP contribution in [0.4, 0.5) is 0 Å². The lowest BCUT2D eigenvalue weighted by atomic mass is 10.0.